The summed E-state index contributed by atoms with van der Waals surface area (Å²) in [6.45, 7) is 10.9. The Labute approximate surface area is 221 Å². The highest BCUT2D eigenvalue weighted by atomic mass is 16.5. The van der Waals surface area contributed by atoms with E-state index in [1.165, 1.54) is 12.0 Å². The molecule has 0 bridgehead atoms. The maximum absolute atomic E-state index is 13.4. The van der Waals surface area contributed by atoms with Gasteiger partial charge in [-0.3, -0.25) is 14.5 Å². The second kappa shape index (κ2) is 11.7. The SMILES string of the molecule is C=CCOc1ccc(C2C(=C(O)c3c(C)[nH]c(C(=O)OC)c3C)C(=O)C(=O)N2CCN2CCOCC2)cc1. The number of aromatic amines is 1. The van der Waals surface area contributed by atoms with Gasteiger partial charge in [0.15, 0.2) is 0 Å². The first kappa shape index (κ1) is 27.2. The molecular formula is C28H33N3O7. The summed E-state index contributed by atoms with van der Waals surface area (Å²) in [6.07, 6.45) is 1.64. The third-order valence-corrected chi connectivity index (χ3v) is 6.93. The molecule has 10 nitrogen and oxygen atoms in total. The molecule has 1 unspecified atom stereocenters. The van der Waals surface area contributed by atoms with Crippen LogP contribution in [0.5, 0.6) is 5.75 Å². The molecule has 10 heteroatoms. The van der Waals surface area contributed by atoms with Crippen LogP contribution in [0.4, 0.5) is 0 Å². The zero-order valence-corrected chi connectivity index (χ0v) is 21.9. The molecule has 2 aliphatic rings. The van der Waals surface area contributed by atoms with Crippen LogP contribution < -0.4 is 4.74 Å². The van der Waals surface area contributed by atoms with E-state index in [4.69, 9.17) is 14.2 Å². The zero-order chi connectivity index (χ0) is 27.4. The van der Waals surface area contributed by atoms with E-state index in [-0.39, 0.29) is 17.0 Å². The summed E-state index contributed by atoms with van der Waals surface area (Å²) in [5.41, 5.74) is 2.00. The number of nitrogens with zero attached hydrogens (tertiary/aromatic N) is 2. The quantitative estimate of drug-likeness (QED) is 0.169. The van der Waals surface area contributed by atoms with E-state index in [2.05, 4.69) is 16.5 Å². The summed E-state index contributed by atoms with van der Waals surface area (Å²) in [4.78, 5) is 45.6. The maximum Gasteiger partial charge on any atom is 0.354 e. The monoisotopic (exact) mass is 523 g/mol. The smallest absolute Gasteiger partial charge is 0.354 e. The molecule has 2 N–H and O–H groups in total. The number of carbonyl (C=O) groups is 3. The van der Waals surface area contributed by atoms with E-state index in [0.29, 0.717) is 61.0 Å². The first-order valence-corrected chi connectivity index (χ1v) is 12.5. The number of aliphatic hydroxyl groups excluding tert-OH is 1. The standard InChI is InChI=1S/C28H33N3O7/c1-5-14-38-20-8-6-19(7-9-20)24-22(25(32)21-17(2)23(28(35)36-4)29-18(21)3)26(33)27(34)31(24)11-10-30-12-15-37-16-13-30/h5-9,24,29,32H,1,10-16H2,2-4H3. The number of nitrogens with one attached hydrogen (secondary N) is 1. The lowest BCUT2D eigenvalue weighted by Crippen LogP contribution is -2.42. The topological polar surface area (TPSA) is 121 Å². The summed E-state index contributed by atoms with van der Waals surface area (Å²) >= 11 is 0. The minimum Gasteiger partial charge on any atom is -0.507 e. The number of carbonyl (C=O) groups excluding carboxylic acids is 3. The van der Waals surface area contributed by atoms with Gasteiger partial charge in [-0.25, -0.2) is 4.79 Å². The Bertz CT molecular complexity index is 1260. The molecule has 2 aliphatic heterocycles. The van der Waals surface area contributed by atoms with Crippen molar-refractivity contribution >= 4 is 23.4 Å². The highest BCUT2D eigenvalue weighted by Gasteiger charge is 2.46. The molecule has 1 amide bonds. The van der Waals surface area contributed by atoms with Gasteiger partial charge in [-0.15, -0.1) is 0 Å². The van der Waals surface area contributed by atoms with Crippen LogP contribution in [0.15, 0.2) is 42.5 Å². The molecule has 0 spiro atoms. The zero-order valence-electron chi connectivity index (χ0n) is 21.9. The molecule has 3 heterocycles. The van der Waals surface area contributed by atoms with Crippen molar-refractivity contribution in [2.24, 2.45) is 0 Å². The van der Waals surface area contributed by atoms with Crippen molar-refractivity contribution in [1.29, 1.82) is 0 Å². The Hall–Kier alpha value is -3.89. The normalized spacial score (nSPS) is 19.6. The Morgan fingerprint density at radius 1 is 1.18 bits per heavy atom. The number of methoxy groups -OCH3 is 1. The molecule has 1 aromatic heterocycles. The van der Waals surface area contributed by atoms with Crippen LogP contribution in [-0.4, -0.2) is 90.7 Å². The Kier molecular flexibility index (Phi) is 8.33. The summed E-state index contributed by atoms with van der Waals surface area (Å²) in [7, 11) is 1.26. The summed E-state index contributed by atoms with van der Waals surface area (Å²) in [6, 6.07) is 6.24. The van der Waals surface area contributed by atoms with Gasteiger partial charge in [0.05, 0.1) is 31.9 Å². The number of hydrogen-bond donors (Lipinski definition) is 2. The fraction of sp³-hybridized carbons (Fsp3) is 0.393. The number of H-pyrrole nitrogens is 1. The van der Waals surface area contributed by atoms with Crippen LogP contribution in [0.2, 0.25) is 0 Å². The summed E-state index contributed by atoms with van der Waals surface area (Å²) < 4.78 is 15.8. The third kappa shape index (κ3) is 5.23. The van der Waals surface area contributed by atoms with E-state index < -0.39 is 23.7 Å². The van der Waals surface area contributed by atoms with Gasteiger partial charge in [-0.1, -0.05) is 24.8 Å². The van der Waals surface area contributed by atoms with E-state index in [1.54, 1.807) is 44.2 Å². The minimum absolute atomic E-state index is 0.0293. The third-order valence-electron chi connectivity index (χ3n) is 6.93. The van der Waals surface area contributed by atoms with E-state index in [9.17, 15) is 19.5 Å². The van der Waals surface area contributed by atoms with Gasteiger partial charge in [-0.2, -0.15) is 0 Å². The molecule has 0 radical (unpaired) electrons. The second-order valence-corrected chi connectivity index (χ2v) is 9.23. The Morgan fingerprint density at radius 3 is 2.50 bits per heavy atom. The highest BCUT2D eigenvalue weighted by Crippen LogP contribution is 2.41. The number of amides is 1. The Balaban J connectivity index is 1.78. The molecule has 202 valence electrons. The number of aromatic nitrogens is 1. The largest absolute Gasteiger partial charge is 0.507 e. The van der Waals surface area contributed by atoms with Crippen LogP contribution in [0, 0.1) is 13.8 Å². The molecule has 2 fully saturated rings. The number of esters is 1. The lowest BCUT2D eigenvalue weighted by atomic mass is 9.94. The number of aryl methyl sites for hydroxylation is 1. The first-order valence-electron chi connectivity index (χ1n) is 12.5. The van der Waals surface area contributed by atoms with Gasteiger partial charge in [0.25, 0.3) is 11.7 Å². The van der Waals surface area contributed by atoms with Crippen molar-refractivity contribution < 1.29 is 33.7 Å². The van der Waals surface area contributed by atoms with E-state index in [0.717, 1.165) is 13.1 Å². The molecule has 0 saturated carbocycles. The fourth-order valence-electron chi connectivity index (χ4n) is 4.98. The summed E-state index contributed by atoms with van der Waals surface area (Å²) in [5, 5.41) is 11.5. The van der Waals surface area contributed by atoms with Crippen molar-refractivity contribution in [2.45, 2.75) is 19.9 Å². The first-order chi connectivity index (χ1) is 18.3. The number of ketones is 1. The molecule has 1 aromatic carbocycles. The molecule has 2 aromatic rings. The predicted molar refractivity (Wildman–Crippen MR) is 140 cm³/mol. The number of benzene rings is 1. The number of likely N-dealkylation sites (tertiary alicyclic amines) is 1. The van der Waals surface area contributed by atoms with Crippen molar-refractivity contribution in [3.8, 4) is 5.75 Å². The van der Waals surface area contributed by atoms with Crippen molar-refractivity contribution in [1.82, 2.24) is 14.8 Å². The maximum atomic E-state index is 13.4. The van der Waals surface area contributed by atoms with Crippen molar-refractivity contribution in [3.05, 3.63) is 70.6 Å². The number of ether oxygens (including phenoxy) is 3. The number of morpholine rings is 1. The van der Waals surface area contributed by atoms with Crippen LogP contribution in [0.3, 0.4) is 0 Å². The van der Waals surface area contributed by atoms with Crippen LogP contribution in [0.25, 0.3) is 5.76 Å². The highest BCUT2D eigenvalue weighted by molar-refractivity contribution is 6.46. The van der Waals surface area contributed by atoms with Gasteiger partial charge in [0.1, 0.15) is 23.8 Å². The molecule has 1 atom stereocenters. The minimum atomic E-state index is -0.820. The number of rotatable bonds is 9. The summed E-state index contributed by atoms with van der Waals surface area (Å²) in [5.74, 6) is -1.78. The number of aliphatic hydroxyl groups is 1. The molecular weight excluding hydrogens is 490 g/mol. The fourth-order valence-corrected chi connectivity index (χ4v) is 4.98. The van der Waals surface area contributed by atoms with Crippen molar-refractivity contribution in [2.75, 3.05) is 53.1 Å². The molecule has 4 rings (SSSR count). The second-order valence-electron chi connectivity index (χ2n) is 9.23. The van der Waals surface area contributed by atoms with Crippen LogP contribution in [-0.2, 0) is 19.1 Å². The van der Waals surface area contributed by atoms with E-state index >= 15 is 0 Å². The predicted octanol–water partition coefficient (Wildman–Crippen LogP) is 2.74. The molecule has 0 aliphatic carbocycles. The van der Waals surface area contributed by atoms with Gasteiger partial charge in [-0.05, 0) is 37.1 Å². The van der Waals surface area contributed by atoms with Crippen LogP contribution >= 0.6 is 0 Å². The van der Waals surface area contributed by atoms with E-state index in [1.807, 2.05) is 0 Å². The van der Waals surface area contributed by atoms with Gasteiger partial charge >= 0.3 is 5.97 Å². The van der Waals surface area contributed by atoms with Crippen LogP contribution in [0.1, 0.15) is 38.9 Å². The Morgan fingerprint density at radius 2 is 1.87 bits per heavy atom. The van der Waals surface area contributed by atoms with Gasteiger partial charge in [0.2, 0.25) is 0 Å². The average Bonchev–Trinajstić information content (AvgIpc) is 3.37. The number of hydrogen-bond acceptors (Lipinski definition) is 8. The van der Waals surface area contributed by atoms with Gasteiger partial charge < -0.3 is 29.2 Å². The lowest BCUT2D eigenvalue weighted by molar-refractivity contribution is -0.140. The lowest BCUT2D eigenvalue weighted by Gasteiger charge is -2.31. The number of Topliss-reactive ketones (excluding diaryl/α,β-unsaturated/α-hetero) is 1. The van der Waals surface area contributed by atoms with Gasteiger partial charge in [0, 0.05) is 37.4 Å². The molecule has 38 heavy (non-hydrogen) atoms. The average molecular weight is 524 g/mol. The van der Waals surface area contributed by atoms with Crippen molar-refractivity contribution in [3.63, 3.8) is 0 Å². The molecule has 2 saturated heterocycles.